The number of amides is 2. The number of para-hydroxylation sites is 2. The molecule has 1 aliphatic heterocycles. The van der Waals surface area contributed by atoms with E-state index in [2.05, 4.69) is 10.9 Å². The second kappa shape index (κ2) is 6.85. The topological polar surface area (TPSA) is 103 Å². The van der Waals surface area contributed by atoms with E-state index in [1.54, 1.807) is 31.2 Å². The number of hydrogen-bond acceptors (Lipinski definition) is 6. The van der Waals surface area contributed by atoms with Crippen LogP contribution in [-0.4, -0.2) is 41.4 Å². The Morgan fingerprint density at radius 3 is 2.54 bits per heavy atom. The fourth-order valence-corrected chi connectivity index (χ4v) is 3.00. The second-order valence-electron chi connectivity index (χ2n) is 6.19. The van der Waals surface area contributed by atoms with E-state index in [1.807, 2.05) is 0 Å². The maximum atomic E-state index is 12.0. The number of esters is 1. The van der Waals surface area contributed by atoms with Crippen molar-refractivity contribution in [1.29, 1.82) is 0 Å². The number of carbonyl (C=O) groups excluding carboxylic acids is 3. The minimum Gasteiger partial charge on any atom is -0.485 e. The molecule has 0 saturated heterocycles. The van der Waals surface area contributed by atoms with Crippen LogP contribution in [0.5, 0.6) is 11.5 Å². The molecule has 1 aliphatic carbocycles. The third-order valence-electron chi connectivity index (χ3n) is 4.17. The second-order valence-corrected chi connectivity index (χ2v) is 7.68. The van der Waals surface area contributed by atoms with Crippen LogP contribution in [0.2, 0.25) is 0 Å². The number of halogens is 2. The number of carbonyl (C=O) groups is 3. The first-order valence-corrected chi connectivity index (χ1v) is 8.51. The van der Waals surface area contributed by atoms with Crippen molar-refractivity contribution in [2.75, 3.05) is 13.2 Å². The summed E-state index contributed by atoms with van der Waals surface area (Å²) in [6, 6.07) is 6.91. The number of hydrazine groups is 1. The SMILES string of the molecule is C[C@]1(C(=O)OCC(=O)NNC(=O)[C@@H]2COc3ccccc3O2)CC1(Cl)Cl. The number of ether oxygens (including phenoxy) is 3. The van der Waals surface area contributed by atoms with Crippen LogP contribution >= 0.6 is 23.2 Å². The zero-order valence-electron chi connectivity index (χ0n) is 13.7. The van der Waals surface area contributed by atoms with Crippen molar-refractivity contribution in [3.8, 4) is 11.5 Å². The number of benzene rings is 1. The van der Waals surface area contributed by atoms with Gasteiger partial charge < -0.3 is 14.2 Å². The van der Waals surface area contributed by atoms with E-state index in [0.717, 1.165) is 0 Å². The van der Waals surface area contributed by atoms with Gasteiger partial charge >= 0.3 is 5.97 Å². The molecule has 1 saturated carbocycles. The molecule has 3 rings (SSSR count). The van der Waals surface area contributed by atoms with Crippen LogP contribution in [-0.2, 0) is 19.1 Å². The fourth-order valence-electron chi connectivity index (χ4n) is 2.31. The first-order chi connectivity index (χ1) is 12.2. The molecule has 26 heavy (non-hydrogen) atoms. The molecule has 1 aromatic rings. The molecule has 140 valence electrons. The zero-order chi connectivity index (χ0) is 18.9. The Morgan fingerprint density at radius 2 is 1.88 bits per heavy atom. The van der Waals surface area contributed by atoms with Gasteiger partial charge in [0.15, 0.2) is 18.1 Å². The van der Waals surface area contributed by atoms with Crippen LogP contribution in [0, 0.1) is 5.41 Å². The highest BCUT2D eigenvalue weighted by atomic mass is 35.5. The standard InChI is InChI=1S/C16H16Cl2N2O6/c1-15(8-16(15,17)18)14(23)25-7-12(21)19-20-13(22)11-6-24-9-4-2-3-5-10(9)26-11/h2-5,11H,6-8H2,1H3,(H,19,21)(H,20,22)/t11-,15+/m0/s1. The van der Waals surface area contributed by atoms with Gasteiger partial charge in [-0.2, -0.15) is 0 Å². The number of hydrogen-bond donors (Lipinski definition) is 2. The Bertz CT molecular complexity index is 756. The van der Waals surface area contributed by atoms with E-state index in [1.165, 1.54) is 0 Å². The van der Waals surface area contributed by atoms with Gasteiger partial charge in [0.2, 0.25) is 6.10 Å². The molecule has 1 fully saturated rings. The van der Waals surface area contributed by atoms with Crippen molar-refractivity contribution in [3.63, 3.8) is 0 Å². The summed E-state index contributed by atoms with van der Waals surface area (Å²) in [5.74, 6) is -1.03. The molecule has 0 spiro atoms. The molecule has 8 nitrogen and oxygen atoms in total. The Labute approximate surface area is 159 Å². The summed E-state index contributed by atoms with van der Waals surface area (Å²) in [6.07, 6.45) is -0.674. The van der Waals surface area contributed by atoms with E-state index < -0.39 is 40.2 Å². The number of alkyl halides is 2. The Hall–Kier alpha value is -2.19. The van der Waals surface area contributed by atoms with Crippen LogP contribution in [0.4, 0.5) is 0 Å². The van der Waals surface area contributed by atoms with Crippen molar-refractivity contribution in [2.45, 2.75) is 23.8 Å². The summed E-state index contributed by atoms with van der Waals surface area (Å²) in [5, 5.41) is 0. The van der Waals surface area contributed by atoms with Gasteiger partial charge in [0, 0.05) is 6.42 Å². The highest BCUT2D eigenvalue weighted by molar-refractivity contribution is 6.53. The first kappa shape index (κ1) is 18.6. The molecular formula is C16H16Cl2N2O6. The first-order valence-electron chi connectivity index (χ1n) is 7.75. The summed E-state index contributed by atoms with van der Waals surface area (Å²) in [5.41, 5.74) is 3.30. The van der Waals surface area contributed by atoms with E-state index >= 15 is 0 Å². The molecule has 2 aliphatic rings. The van der Waals surface area contributed by atoms with E-state index in [0.29, 0.717) is 11.5 Å². The highest BCUT2D eigenvalue weighted by Gasteiger charge is 2.69. The number of nitrogens with one attached hydrogen (secondary N) is 2. The Balaban J connectivity index is 1.41. The van der Waals surface area contributed by atoms with Gasteiger partial charge in [-0.1, -0.05) is 12.1 Å². The molecule has 2 amide bonds. The third-order valence-corrected chi connectivity index (χ3v) is 5.27. The molecule has 0 bridgehead atoms. The van der Waals surface area contributed by atoms with Crippen LogP contribution in [0.25, 0.3) is 0 Å². The van der Waals surface area contributed by atoms with E-state index in [9.17, 15) is 14.4 Å². The zero-order valence-corrected chi connectivity index (χ0v) is 15.2. The van der Waals surface area contributed by atoms with Gasteiger partial charge in [-0.05, 0) is 19.1 Å². The maximum absolute atomic E-state index is 12.0. The summed E-state index contributed by atoms with van der Waals surface area (Å²) < 4.78 is 14.6. The monoisotopic (exact) mass is 402 g/mol. The van der Waals surface area contributed by atoms with Crippen molar-refractivity contribution in [2.24, 2.45) is 5.41 Å². The summed E-state index contributed by atoms with van der Waals surface area (Å²) in [7, 11) is 0. The normalized spacial score (nSPS) is 25.0. The van der Waals surface area contributed by atoms with Gasteiger partial charge in [0.1, 0.15) is 16.4 Å². The summed E-state index contributed by atoms with van der Waals surface area (Å²) in [4.78, 5) is 35.6. The minimum atomic E-state index is -1.18. The predicted octanol–water partition coefficient (Wildman–Crippen LogP) is 1.10. The average Bonchev–Trinajstić information content (AvgIpc) is 3.16. The lowest BCUT2D eigenvalue weighted by Gasteiger charge is -2.25. The van der Waals surface area contributed by atoms with Crippen molar-refractivity contribution < 1.29 is 28.6 Å². The van der Waals surface area contributed by atoms with E-state index in [4.69, 9.17) is 37.4 Å². The molecule has 2 N–H and O–H groups in total. The number of rotatable bonds is 4. The lowest BCUT2D eigenvalue weighted by atomic mass is 10.1. The smallest absolute Gasteiger partial charge is 0.315 e. The van der Waals surface area contributed by atoms with Crippen LogP contribution in [0.1, 0.15) is 13.3 Å². The quantitative estimate of drug-likeness (QED) is 0.444. The highest BCUT2D eigenvalue weighted by Crippen LogP contribution is 2.64. The number of fused-ring (bicyclic) bond motifs is 1. The summed E-state index contributed by atoms with van der Waals surface area (Å²) in [6.45, 7) is 0.969. The molecule has 10 heteroatoms. The van der Waals surface area contributed by atoms with Crippen molar-refractivity contribution >= 4 is 41.0 Å². The molecule has 1 heterocycles. The van der Waals surface area contributed by atoms with Gasteiger partial charge in [0.25, 0.3) is 11.8 Å². The lowest BCUT2D eigenvalue weighted by Crippen LogP contribution is -2.51. The van der Waals surface area contributed by atoms with Gasteiger partial charge in [-0.15, -0.1) is 23.2 Å². The predicted molar refractivity (Wildman–Crippen MR) is 90.8 cm³/mol. The molecular weight excluding hydrogens is 387 g/mol. The van der Waals surface area contributed by atoms with Crippen LogP contribution < -0.4 is 20.3 Å². The van der Waals surface area contributed by atoms with Crippen LogP contribution in [0.3, 0.4) is 0 Å². The maximum Gasteiger partial charge on any atom is 0.315 e. The van der Waals surface area contributed by atoms with Crippen molar-refractivity contribution in [1.82, 2.24) is 10.9 Å². The fraction of sp³-hybridized carbons (Fsp3) is 0.438. The summed E-state index contributed by atoms with van der Waals surface area (Å²) >= 11 is 11.7. The van der Waals surface area contributed by atoms with Crippen LogP contribution in [0.15, 0.2) is 24.3 Å². The Morgan fingerprint density at radius 1 is 1.23 bits per heavy atom. The molecule has 0 aromatic heterocycles. The lowest BCUT2D eigenvalue weighted by molar-refractivity contribution is -0.154. The molecule has 0 radical (unpaired) electrons. The Kier molecular flexibility index (Phi) is 4.90. The van der Waals surface area contributed by atoms with Gasteiger partial charge in [0.05, 0.1) is 0 Å². The van der Waals surface area contributed by atoms with E-state index in [-0.39, 0.29) is 13.0 Å². The molecule has 1 aromatic carbocycles. The molecule has 0 unspecified atom stereocenters. The minimum absolute atomic E-state index is 0.000412. The third kappa shape index (κ3) is 3.66. The van der Waals surface area contributed by atoms with Gasteiger partial charge in [-0.25, -0.2) is 0 Å². The van der Waals surface area contributed by atoms with Crippen molar-refractivity contribution in [3.05, 3.63) is 24.3 Å². The van der Waals surface area contributed by atoms with Gasteiger partial charge in [-0.3, -0.25) is 25.2 Å². The molecule has 2 atom stereocenters. The average molecular weight is 403 g/mol. The largest absolute Gasteiger partial charge is 0.485 e.